The molecule has 0 saturated carbocycles. The summed E-state index contributed by atoms with van der Waals surface area (Å²) in [5, 5.41) is 9.64. The van der Waals surface area contributed by atoms with Crippen molar-refractivity contribution in [3.8, 4) is 0 Å². The van der Waals surface area contributed by atoms with Crippen LogP contribution in [0.25, 0.3) is 0 Å². The monoisotopic (exact) mass is 831 g/mol. The van der Waals surface area contributed by atoms with Crippen molar-refractivity contribution in [2.24, 2.45) is 0 Å². The van der Waals surface area contributed by atoms with Gasteiger partial charge in [0.15, 0.2) is 12.1 Å². The van der Waals surface area contributed by atoms with Gasteiger partial charge in [-0.3, -0.25) is 9.59 Å². The number of hydrogen-bond donors (Lipinski definition) is 1. The Kier molecular flexibility index (Phi) is 40.1. The molecule has 0 aromatic carbocycles. The number of carboxylic acid groups (broad SMARTS) is 1. The third-order valence-electron chi connectivity index (χ3n) is 10.7. The fraction of sp³-hybridized carbons (Fsp3) is 0.784. The fourth-order valence-electron chi connectivity index (χ4n) is 7.02. The summed E-state index contributed by atoms with van der Waals surface area (Å²) in [4.78, 5) is 37.1. The molecular formula is C51H92NO7+. The zero-order valence-electron chi connectivity index (χ0n) is 39.0. The number of aliphatic carboxylic acids is 1. The molecule has 0 bridgehead atoms. The highest BCUT2D eigenvalue weighted by Gasteiger charge is 2.31. The Labute approximate surface area is 363 Å². The molecule has 0 aromatic heterocycles. The van der Waals surface area contributed by atoms with Crippen molar-refractivity contribution in [1.29, 1.82) is 0 Å². The van der Waals surface area contributed by atoms with Gasteiger partial charge >= 0.3 is 17.9 Å². The van der Waals surface area contributed by atoms with Gasteiger partial charge in [0.25, 0.3) is 0 Å². The SMILES string of the molecule is CC/C=C\C/C=C\C/C=C\C/C=C\CCCCCCCCCCC(=O)OC(COCCC(C(=O)O)[N+](C)(C)C)COC(=O)CCCCCCCCCCCCCCCC. The van der Waals surface area contributed by atoms with Gasteiger partial charge in [0.1, 0.15) is 6.61 Å². The average Bonchev–Trinajstić information content (AvgIpc) is 3.19. The van der Waals surface area contributed by atoms with E-state index in [1.54, 1.807) is 0 Å². The second-order valence-electron chi connectivity index (χ2n) is 17.3. The lowest BCUT2D eigenvalue weighted by Gasteiger charge is -2.31. The number of unbranched alkanes of at least 4 members (excludes halogenated alkanes) is 21. The Morgan fingerprint density at radius 2 is 0.949 bits per heavy atom. The summed E-state index contributed by atoms with van der Waals surface area (Å²) in [7, 11) is 5.53. The van der Waals surface area contributed by atoms with Crippen molar-refractivity contribution in [1.82, 2.24) is 0 Å². The van der Waals surface area contributed by atoms with Gasteiger partial charge in [-0.2, -0.15) is 0 Å². The van der Waals surface area contributed by atoms with Crippen molar-refractivity contribution in [3.05, 3.63) is 48.6 Å². The number of allylic oxidation sites excluding steroid dienone is 8. The topological polar surface area (TPSA) is 99.1 Å². The van der Waals surface area contributed by atoms with Crippen LogP contribution in [0.4, 0.5) is 0 Å². The largest absolute Gasteiger partial charge is 0.477 e. The van der Waals surface area contributed by atoms with E-state index in [0.717, 1.165) is 70.6 Å². The molecule has 59 heavy (non-hydrogen) atoms. The summed E-state index contributed by atoms with van der Waals surface area (Å²) >= 11 is 0. The van der Waals surface area contributed by atoms with Crippen LogP contribution in [0.1, 0.15) is 206 Å². The minimum absolute atomic E-state index is 0.0524. The third-order valence-corrected chi connectivity index (χ3v) is 10.7. The molecule has 0 rings (SSSR count). The molecule has 8 nitrogen and oxygen atoms in total. The molecule has 0 heterocycles. The number of carbonyl (C=O) groups excluding carboxylic acids is 2. The summed E-state index contributed by atoms with van der Waals surface area (Å²) in [6, 6.07) is -0.616. The van der Waals surface area contributed by atoms with Crippen LogP contribution in [-0.2, 0) is 28.6 Å². The lowest BCUT2D eigenvalue weighted by molar-refractivity contribution is -0.887. The van der Waals surface area contributed by atoms with Crippen molar-refractivity contribution < 1.29 is 38.2 Å². The van der Waals surface area contributed by atoms with Gasteiger partial charge in [0.05, 0.1) is 34.4 Å². The lowest BCUT2D eigenvalue weighted by atomic mass is 10.0. The highest BCUT2D eigenvalue weighted by Crippen LogP contribution is 2.15. The molecule has 1 N–H and O–H groups in total. The van der Waals surface area contributed by atoms with Crippen LogP contribution in [0.15, 0.2) is 48.6 Å². The van der Waals surface area contributed by atoms with E-state index in [-0.39, 0.29) is 36.2 Å². The summed E-state index contributed by atoms with van der Waals surface area (Å²) in [5.74, 6) is -1.47. The second kappa shape index (κ2) is 42.0. The zero-order chi connectivity index (χ0) is 43.5. The minimum Gasteiger partial charge on any atom is -0.477 e. The van der Waals surface area contributed by atoms with E-state index >= 15 is 0 Å². The van der Waals surface area contributed by atoms with Gasteiger partial charge in [0, 0.05) is 19.3 Å². The number of carbonyl (C=O) groups is 3. The average molecular weight is 831 g/mol. The first-order chi connectivity index (χ1) is 28.6. The highest BCUT2D eigenvalue weighted by molar-refractivity contribution is 5.72. The summed E-state index contributed by atoms with van der Waals surface area (Å²) in [6.07, 6.45) is 50.1. The van der Waals surface area contributed by atoms with E-state index in [1.807, 2.05) is 21.1 Å². The molecule has 2 unspecified atom stereocenters. The Morgan fingerprint density at radius 3 is 1.41 bits per heavy atom. The van der Waals surface area contributed by atoms with E-state index in [0.29, 0.717) is 19.3 Å². The molecule has 0 saturated heterocycles. The molecule has 0 aliphatic rings. The minimum atomic E-state index is -0.876. The Bertz CT molecular complexity index is 1110. The molecule has 0 amide bonds. The van der Waals surface area contributed by atoms with Gasteiger partial charge in [-0.15, -0.1) is 0 Å². The van der Waals surface area contributed by atoms with E-state index < -0.39 is 18.1 Å². The van der Waals surface area contributed by atoms with Crippen LogP contribution in [0.3, 0.4) is 0 Å². The maximum Gasteiger partial charge on any atom is 0.362 e. The molecule has 0 spiro atoms. The maximum atomic E-state index is 12.8. The van der Waals surface area contributed by atoms with E-state index in [4.69, 9.17) is 14.2 Å². The Morgan fingerprint density at radius 1 is 0.525 bits per heavy atom. The molecule has 0 fully saturated rings. The Balaban J connectivity index is 4.28. The zero-order valence-corrected chi connectivity index (χ0v) is 39.0. The summed E-state index contributed by atoms with van der Waals surface area (Å²) in [5.41, 5.74) is 0. The molecule has 2 atom stereocenters. The molecular weight excluding hydrogens is 739 g/mol. The number of esters is 2. The van der Waals surface area contributed by atoms with Gasteiger partial charge in [-0.1, -0.05) is 184 Å². The van der Waals surface area contributed by atoms with Gasteiger partial charge in [-0.25, -0.2) is 4.79 Å². The number of quaternary nitrogens is 1. The number of ether oxygens (including phenoxy) is 3. The summed E-state index contributed by atoms with van der Waals surface area (Å²) in [6.45, 7) is 4.63. The number of likely N-dealkylation sites (N-methyl/N-ethyl adjacent to an activating group) is 1. The predicted molar refractivity (Wildman–Crippen MR) is 248 cm³/mol. The van der Waals surface area contributed by atoms with Gasteiger partial charge < -0.3 is 23.8 Å². The van der Waals surface area contributed by atoms with Crippen LogP contribution < -0.4 is 0 Å². The molecule has 0 aliphatic heterocycles. The van der Waals surface area contributed by atoms with Crippen molar-refractivity contribution >= 4 is 17.9 Å². The first kappa shape index (κ1) is 56.3. The van der Waals surface area contributed by atoms with E-state index in [2.05, 4.69) is 62.5 Å². The predicted octanol–water partition coefficient (Wildman–Crippen LogP) is 13.6. The smallest absolute Gasteiger partial charge is 0.362 e. The standard InChI is InChI=1S/C51H91NO7/c1-6-8-10-12-14-16-18-20-22-23-24-25-26-27-28-30-32-34-36-38-40-42-50(54)59-47(45-57-44-43-48(51(55)56)52(3,4)5)46-58-49(53)41-39-37-35-33-31-29-21-19-17-15-13-11-9-7-2/h8,10,14,16,20,22,24-25,47-48H,6-7,9,11-13,15,17-19,21,23,26-46H2,1-5H3/p+1/b10-8-,16-14-,22-20-,25-24-. The van der Waals surface area contributed by atoms with Crippen LogP contribution in [0.2, 0.25) is 0 Å². The Hall–Kier alpha value is -2.71. The van der Waals surface area contributed by atoms with Crippen LogP contribution in [0.5, 0.6) is 0 Å². The fourth-order valence-corrected chi connectivity index (χ4v) is 7.02. The summed E-state index contributed by atoms with van der Waals surface area (Å²) < 4.78 is 17.3. The van der Waals surface area contributed by atoms with Crippen LogP contribution in [-0.4, -0.2) is 80.6 Å². The van der Waals surface area contributed by atoms with Crippen LogP contribution >= 0.6 is 0 Å². The van der Waals surface area contributed by atoms with Crippen LogP contribution in [0, 0.1) is 0 Å². The molecule has 0 aliphatic carbocycles. The van der Waals surface area contributed by atoms with Gasteiger partial charge in [0.2, 0.25) is 0 Å². The number of rotatable bonds is 43. The second-order valence-corrected chi connectivity index (χ2v) is 17.3. The first-order valence-corrected chi connectivity index (χ1v) is 24.2. The number of hydrogen-bond acceptors (Lipinski definition) is 6. The van der Waals surface area contributed by atoms with Gasteiger partial charge in [-0.05, 0) is 51.4 Å². The number of nitrogens with zero attached hydrogens (tertiary/aromatic N) is 1. The number of carboxylic acids is 1. The lowest BCUT2D eigenvalue weighted by Crippen LogP contribution is -2.50. The van der Waals surface area contributed by atoms with Crippen molar-refractivity contribution in [2.75, 3.05) is 41.0 Å². The quantitative estimate of drug-likeness (QED) is 0.0283. The molecule has 8 heteroatoms. The van der Waals surface area contributed by atoms with E-state index in [9.17, 15) is 19.5 Å². The highest BCUT2D eigenvalue weighted by atomic mass is 16.6. The normalized spacial score (nSPS) is 13.3. The molecule has 0 aromatic rings. The molecule has 0 radical (unpaired) electrons. The maximum absolute atomic E-state index is 12.8. The molecule has 342 valence electrons. The first-order valence-electron chi connectivity index (χ1n) is 24.2. The van der Waals surface area contributed by atoms with E-state index in [1.165, 1.54) is 103 Å². The van der Waals surface area contributed by atoms with Crippen molar-refractivity contribution in [2.45, 2.75) is 219 Å². The third kappa shape index (κ3) is 40.5. The van der Waals surface area contributed by atoms with Crippen molar-refractivity contribution in [3.63, 3.8) is 0 Å².